The topological polar surface area (TPSA) is 66.4 Å². The lowest BCUT2D eigenvalue weighted by molar-refractivity contribution is -0.128. The number of halogens is 3. The second kappa shape index (κ2) is 15.7. The number of amidine groups is 1. The van der Waals surface area contributed by atoms with Crippen LogP contribution in [0.25, 0.3) is 0 Å². The predicted octanol–water partition coefficient (Wildman–Crippen LogP) is 7.13. The number of carbonyl (C=O) groups is 1. The maximum atomic E-state index is 14.5. The van der Waals surface area contributed by atoms with E-state index in [1.54, 1.807) is 0 Å². The maximum Gasteiger partial charge on any atom is 0.494 e. The molecule has 4 aliphatic rings. The quantitative estimate of drug-likeness (QED) is 0.189. The molecular formula is C36H54BF3N4O3. The highest BCUT2D eigenvalue weighted by Gasteiger charge is 2.52. The number of carbonyl (C=O) groups excluding carboxylic acids is 1. The predicted molar refractivity (Wildman–Crippen MR) is 184 cm³/mol. The molecule has 0 radical (unpaired) electrons. The van der Waals surface area contributed by atoms with Crippen molar-refractivity contribution >= 4 is 18.9 Å². The van der Waals surface area contributed by atoms with Crippen LogP contribution in [0.5, 0.6) is 0 Å². The van der Waals surface area contributed by atoms with Gasteiger partial charge in [-0.1, -0.05) is 44.2 Å². The van der Waals surface area contributed by atoms with Crippen molar-refractivity contribution in [3.8, 4) is 0 Å². The SMILES string of the molecule is CC/C=C(\C=C1\C(C(=O)N2CCC[C@H]2CN2CCCC2)=CC(=NCC(/C=C\CC(F)(F)F)=C/CC)NC1C)B1OC(C)(C)C(C)(C)O1. The summed E-state index contributed by atoms with van der Waals surface area (Å²) in [5, 5.41) is 3.45. The number of aliphatic imine (C=N–C) groups is 1. The average molecular weight is 659 g/mol. The highest BCUT2D eigenvalue weighted by molar-refractivity contribution is 6.55. The summed E-state index contributed by atoms with van der Waals surface area (Å²) < 4.78 is 51.2. The summed E-state index contributed by atoms with van der Waals surface area (Å²) in [6.07, 6.45) is 11.0. The Balaban J connectivity index is 1.69. The third-order valence-corrected chi connectivity index (χ3v) is 9.83. The molecule has 3 fully saturated rings. The van der Waals surface area contributed by atoms with Crippen LogP contribution in [0.2, 0.25) is 0 Å². The van der Waals surface area contributed by atoms with Crippen LogP contribution in [-0.2, 0) is 14.1 Å². The fourth-order valence-electron chi connectivity index (χ4n) is 6.57. The first-order valence-corrected chi connectivity index (χ1v) is 17.4. The van der Waals surface area contributed by atoms with Crippen molar-refractivity contribution in [1.29, 1.82) is 0 Å². The van der Waals surface area contributed by atoms with Crippen molar-refractivity contribution < 1.29 is 27.3 Å². The van der Waals surface area contributed by atoms with Gasteiger partial charge in [-0.25, -0.2) is 0 Å². The van der Waals surface area contributed by atoms with Crippen LogP contribution in [0.3, 0.4) is 0 Å². The number of allylic oxidation sites excluding steroid dienone is 5. The van der Waals surface area contributed by atoms with Crippen LogP contribution >= 0.6 is 0 Å². The summed E-state index contributed by atoms with van der Waals surface area (Å²) in [5.41, 5.74) is 1.96. The van der Waals surface area contributed by atoms with E-state index in [0.717, 1.165) is 56.0 Å². The zero-order chi connectivity index (χ0) is 34.4. The Morgan fingerprint density at radius 3 is 2.34 bits per heavy atom. The van der Waals surface area contributed by atoms with Gasteiger partial charge in [0.15, 0.2) is 0 Å². The van der Waals surface area contributed by atoms with Gasteiger partial charge in [-0.15, -0.1) is 0 Å². The molecule has 0 saturated carbocycles. The van der Waals surface area contributed by atoms with E-state index in [1.165, 1.54) is 18.9 Å². The van der Waals surface area contributed by atoms with Gasteiger partial charge in [0.2, 0.25) is 0 Å². The number of nitrogens with one attached hydrogen (secondary N) is 1. The van der Waals surface area contributed by atoms with Crippen molar-refractivity contribution in [2.45, 2.75) is 123 Å². The molecule has 3 saturated heterocycles. The minimum absolute atomic E-state index is 0.0156. The Hall–Kier alpha value is -2.63. The average Bonchev–Trinajstić information content (AvgIpc) is 3.71. The number of hydrogen-bond donors (Lipinski definition) is 1. The summed E-state index contributed by atoms with van der Waals surface area (Å²) in [6.45, 7) is 18.1. The Morgan fingerprint density at radius 2 is 1.72 bits per heavy atom. The summed E-state index contributed by atoms with van der Waals surface area (Å²) in [6, 6.07) is -0.112. The summed E-state index contributed by atoms with van der Waals surface area (Å²) in [4.78, 5) is 23.8. The van der Waals surface area contributed by atoms with Gasteiger partial charge in [-0.2, -0.15) is 13.2 Å². The molecule has 4 heterocycles. The van der Waals surface area contributed by atoms with Gasteiger partial charge in [0, 0.05) is 24.7 Å². The highest BCUT2D eigenvalue weighted by Crippen LogP contribution is 2.39. The van der Waals surface area contributed by atoms with Crippen molar-refractivity contribution in [2.24, 2.45) is 4.99 Å². The van der Waals surface area contributed by atoms with E-state index in [9.17, 15) is 18.0 Å². The monoisotopic (exact) mass is 658 g/mol. The number of likely N-dealkylation sites (tertiary alicyclic amines) is 2. The van der Waals surface area contributed by atoms with E-state index in [-0.39, 0.29) is 24.5 Å². The van der Waals surface area contributed by atoms with Gasteiger partial charge in [-0.05, 0) is 109 Å². The molecule has 0 aromatic heterocycles. The molecule has 7 nitrogen and oxygen atoms in total. The molecule has 260 valence electrons. The van der Waals surface area contributed by atoms with E-state index >= 15 is 0 Å². The molecule has 11 heteroatoms. The van der Waals surface area contributed by atoms with E-state index in [0.29, 0.717) is 29.9 Å². The Labute approximate surface area is 280 Å². The van der Waals surface area contributed by atoms with Crippen LogP contribution in [0.15, 0.2) is 63.6 Å². The summed E-state index contributed by atoms with van der Waals surface area (Å²) in [7, 11) is -0.578. The smallest absolute Gasteiger partial charge is 0.399 e. The van der Waals surface area contributed by atoms with E-state index in [2.05, 4.69) is 23.2 Å². The van der Waals surface area contributed by atoms with E-state index in [1.807, 2.05) is 64.7 Å². The molecule has 1 unspecified atom stereocenters. The number of rotatable bonds is 11. The number of alkyl halides is 3. The van der Waals surface area contributed by atoms with Crippen molar-refractivity contribution in [2.75, 3.05) is 32.7 Å². The van der Waals surface area contributed by atoms with Gasteiger partial charge >= 0.3 is 13.3 Å². The summed E-state index contributed by atoms with van der Waals surface area (Å²) in [5.74, 6) is 0.523. The van der Waals surface area contributed by atoms with Gasteiger partial charge in [0.05, 0.1) is 30.2 Å². The van der Waals surface area contributed by atoms with Gasteiger partial charge < -0.3 is 24.4 Å². The minimum Gasteiger partial charge on any atom is -0.399 e. The second-order valence-corrected chi connectivity index (χ2v) is 14.1. The number of hydrogen-bond acceptors (Lipinski definition) is 5. The molecule has 2 atom stereocenters. The Morgan fingerprint density at radius 1 is 1.06 bits per heavy atom. The zero-order valence-electron chi connectivity index (χ0n) is 29.4. The lowest BCUT2D eigenvalue weighted by Gasteiger charge is -2.33. The molecule has 0 aromatic rings. The van der Waals surface area contributed by atoms with Gasteiger partial charge in [0.1, 0.15) is 5.84 Å². The Bertz CT molecular complexity index is 1290. The first-order chi connectivity index (χ1) is 22.1. The van der Waals surface area contributed by atoms with Gasteiger partial charge in [0.25, 0.3) is 5.91 Å². The summed E-state index contributed by atoms with van der Waals surface area (Å²) >= 11 is 0. The van der Waals surface area contributed by atoms with Crippen molar-refractivity contribution in [3.63, 3.8) is 0 Å². The van der Waals surface area contributed by atoms with Crippen LogP contribution < -0.4 is 5.32 Å². The number of amides is 1. The molecule has 0 aliphatic carbocycles. The molecule has 1 amide bonds. The molecule has 47 heavy (non-hydrogen) atoms. The minimum atomic E-state index is -4.26. The molecular weight excluding hydrogens is 604 g/mol. The maximum absolute atomic E-state index is 14.5. The molecule has 0 aromatic carbocycles. The fraction of sp³-hybridized carbons (Fsp3) is 0.667. The first-order valence-electron chi connectivity index (χ1n) is 17.4. The van der Waals surface area contributed by atoms with Gasteiger partial charge in [-0.3, -0.25) is 9.79 Å². The van der Waals surface area contributed by atoms with Crippen molar-refractivity contribution in [1.82, 2.24) is 15.1 Å². The lowest BCUT2D eigenvalue weighted by atomic mass is 9.75. The third-order valence-electron chi connectivity index (χ3n) is 9.83. The van der Waals surface area contributed by atoms with E-state index in [4.69, 9.17) is 14.3 Å². The van der Waals surface area contributed by atoms with Crippen LogP contribution in [0.1, 0.15) is 93.4 Å². The third kappa shape index (κ3) is 9.73. The van der Waals surface area contributed by atoms with Crippen LogP contribution in [0, 0.1) is 0 Å². The van der Waals surface area contributed by atoms with E-state index < -0.39 is 30.9 Å². The lowest BCUT2D eigenvalue weighted by Crippen LogP contribution is -2.46. The Kier molecular flexibility index (Phi) is 12.4. The van der Waals surface area contributed by atoms with Crippen molar-refractivity contribution in [3.05, 3.63) is 58.6 Å². The molecule has 0 bridgehead atoms. The highest BCUT2D eigenvalue weighted by atomic mass is 19.4. The fourth-order valence-corrected chi connectivity index (χ4v) is 6.57. The molecule has 4 rings (SSSR count). The second-order valence-electron chi connectivity index (χ2n) is 14.1. The number of nitrogens with zero attached hydrogens (tertiary/aromatic N) is 3. The van der Waals surface area contributed by atoms with Crippen LogP contribution in [0.4, 0.5) is 13.2 Å². The largest absolute Gasteiger partial charge is 0.494 e. The molecule has 1 N–H and O–H groups in total. The van der Waals surface area contributed by atoms with Crippen LogP contribution in [-0.4, -0.2) is 90.8 Å². The first kappa shape index (κ1) is 37.2. The normalized spacial score (nSPS) is 27.4. The molecule has 0 spiro atoms. The standard InChI is InChI=1S/C36H54BF3N4O3/c1-8-14-27(16-12-18-36(38,39)40)24-41-32-23-31(33(45)44-21-13-17-29(44)25-43-19-10-11-20-43)30(26(3)42-32)22-28(15-9-2)37-46-34(4,5)35(6,7)47-37/h12,14-16,22-23,26,29H,8-11,13,17-21,24-25H2,1-7H3,(H,41,42)/b16-12-,27-14+,28-15+,30-22+/t26?,29-/m0/s1. The molecule has 4 aliphatic heterocycles. The zero-order valence-corrected chi connectivity index (χ0v) is 29.4.